The summed E-state index contributed by atoms with van der Waals surface area (Å²) in [6, 6.07) is 28.3. The molecule has 0 aliphatic heterocycles. The number of aromatic amines is 1. The second-order valence-electron chi connectivity index (χ2n) is 8.91. The molecule has 0 spiro atoms. The maximum Gasteiger partial charge on any atom is 0.327 e. The number of imidazole rings is 1. The van der Waals surface area contributed by atoms with Crippen molar-refractivity contribution in [1.29, 1.82) is 0 Å². The molecule has 11 heteroatoms. The Hall–Kier alpha value is -5.00. The number of aromatic nitrogens is 2. The van der Waals surface area contributed by atoms with Crippen LogP contribution < -0.4 is 14.9 Å². The Morgan fingerprint density at radius 3 is 2.30 bits per heavy atom. The van der Waals surface area contributed by atoms with E-state index in [0.717, 1.165) is 20.9 Å². The van der Waals surface area contributed by atoms with E-state index in [1.165, 1.54) is 0 Å². The number of anilines is 3. The Bertz CT molecular complexity index is 1660. The lowest BCUT2D eigenvalue weighted by atomic mass is 10.0. The predicted molar refractivity (Wildman–Crippen MR) is 155 cm³/mol. The fourth-order valence-corrected chi connectivity index (χ4v) is 5.04. The van der Waals surface area contributed by atoms with Gasteiger partial charge < -0.3 is 15.4 Å². The highest BCUT2D eigenvalue weighted by Gasteiger charge is 2.30. The number of carboxylic acids is 1. The molecule has 10 nitrogen and oxygen atoms in total. The number of carbonyl (C=O) groups excluding carboxylic acids is 1. The Labute approximate surface area is 232 Å². The van der Waals surface area contributed by atoms with E-state index in [4.69, 9.17) is 0 Å². The summed E-state index contributed by atoms with van der Waals surface area (Å²) < 4.78 is 23.5. The van der Waals surface area contributed by atoms with Crippen LogP contribution in [-0.2, 0) is 22.5 Å². The first-order valence-corrected chi connectivity index (χ1v) is 13.3. The summed E-state index contributed by atoms with van der Waals surface area (Å²) in [5.41, 5.74) is 4.40. The summed E-state index contributed by atoms with van der Waals surface area (Å²) in [5.74, 6) is -0.915. The lowest BCUT2D eigenvalue weighted by Gasteiger charge is -2.27. The molecule has 0 aliphatic rings. The molecule has 0 saturated heterocycles. The molecule has 4 aromatic carbocycles. The molecule has 5 aromatic rings. The number of nitrogens with zero attached hydrogens (tertiary/aromatic N) is 2. The van der Waals surface area contributed by atoms with E-state index < -0.39 is 29.3 Å². The van der Waals surface area contributed by atoms with Crippen LogP contribution in [0.4, 0.5) is 22.1 Å². The standard InChI is InChI=1S/C29H25N5O5S/c35-27(36)26(16-19-8-2-1-3-9-19)34(40(38)39)23-13-7-11-21(18-23)20-10-6-12-22(17-20)30-29(37)33-28-31-24-14-4-5-15-25(24)32-28/h1-15,17-18,26H,16H2,(H,35,36)(H,38,39)(H3,30,31,32,33,37). The maximum atomic E-state index is 12.6. The molecule has 0 bridgehead atoms. The van der Waals surface area contributed by atoms with Gasteiger partial charge in [-0.3, -0.25) is 14.2 Å². The van der Waals surface area contributed by atoms with Crippen molar-refractivity contribution in [3.8, 4) is 11.1 Å². The van der Waals surface area contributed by atoms with E-state index in [0.29, 0.717) is 22.8 Å². The van der Waals surface area contributed by atoms with Crippen molar-refractivity contribution >= 4 is 51.6 Å². The number of aliphatic carboxylic acids is 1. The number of nitrogens with one attached hydrogen (secondary N) is 3. The van der Waals surface area contributed by atoms with Gasteiger partial charge in [-0.25, -0.2) is 18.8 Å². The third-order valence-corrected chi connectivity index (χ3v) is 6.99. The molecule has 0 radical (unpaired) electrons. The number of para-hydroxylation sites is 2. The molecule has 1 heterocycles. The number of hydrogen-bond donors (Lipinski definition) is 5. The second kappa shape index (κ2) is 11.8. The van der Waals surface area contributed by atoms with Crippen molar-refractivity contribution in [2.45, 2.75) is 12.5 Å². The maximum absolute atomic E-state index is 12.6. The zero-order valence-corrected chi connectivity index (χ0v) is 21.8. The molecule has 2 atom stereocenters. The van der Waals surface area contributed by atoms with Crippen LogP contribution in [0.5, 0.6) is 0 Å². The number of H-pyrrole nitrogens is 1. The molecule has 0 saturated carbocycles. The summed E-state index contributed by atoms with van der Waals surface area (Å²) in [6.07, 6.45) is 0.0342. The van der Waals surface area contributed by atoms with Crippen molar-refractivity contribution in [2.24, 2.45) is 0 Å². The van der Waals surface area contributed by atoms with Crippen LogP contribution >= 0.6 is 0 Å². The number of benzene rings is 4. The number of carbonyl (C=O) groups is 2. The third kappa shape index (κ3) is 6.17. The van der Waals surface area contributed by atoms with Gasteiger partial charge in [-0.2, -0.15) is 0 Å². The highest BCUT2D eigenvalue weighted by molar-refractivity contribution is 7.80. The van der Waals surface area contributed by atoms with Gasteiger partial charge in [-0.05, 0) is 53.1 Å². The van der Waals surface area contributed by atoms with Gasteiger partial charge in [0.05, 0.1) is 16.7 Å². The summed E-state index contributed by atoms with van der Waals surface area (Å²) in [5, 5.41) is 15.4. The first-order valence-electron chi connectivity index (χ1n) is 12.3. The average Bonchev–Trinajstić information content (AvgIpc) is 3.35. The van der Waals surface area contributed by atoms with Gasteiger partial charge in [0.1, 0.15) is 6.04 Å². The SMILES string of the molecule is O=C(Nc1cccc(-c2cccc(N(C(Cc3ccccc3)C(=O)O)S(=O)O)c2)c1)Nc1nc2ccccc2[nH]1. The number of urea groups is 1. The van der Waals surface area contributed by atoms with E-state index in [9.17, 15) is 23.5 Å². The molecule has 2 unspecified atom stereocenters. The van der Waals surface area contributed by atoms with Crippen LogP contribution in [0.15, 0.2) is 103 Å². The van der Waals surface area contributed by atoms with Gasteiger partial charge in [0.2, 0.25) is 5.95 Å². The lowest BCUT2D eigenvalue weighted by Crippen LogP contribution is -2.44. The molecule has 2 amide bonds. The van der Waals surface area contributed by atoms with E-state index in [1.807, 2.05) is 36.4 Å². The van der Waals surface area contributed by atoms with Crippen molar-refractivity contribution in [2.75, 3.05) is 14.9 Å². The fourth-order valence-electron chi connectivity index (χ4n) is 4.37. The lowest BCUT2D eigenvalue weighted by molar-refractivity contribution is -0.138. The quantitative estimate of drug-likeness (QED) is 0.151. The Morgan fingerprint density at radius 2 is 1.57 bits per heavy atom. The monoisotopic (exact) mass is 555 g/mol. The van der Waals surface area contributed by atoms with E-state index in [1.54, 1.807) is 66.7 Å². The Morgan fingerprint density at radius 1 is 0.875 bits per heavy atom. The molecule has 0 fully saturated rings. The predicted octanol–water partition coefficient (Wildman–Crippen LogP) is 5.51. The smallest absolute Gasteiger partial charge is 0.327 e. The van der Waals surface area contributed by atoms with E-state index >= 15 is 0 Å². The van der Waals surface area contributed by atoms with Gasteiger partial charge in [-0.15, -0.1) is 0 Å². The van der Waals surface area contributed by atoms with Gasteiger partial charge in [0, 0.05) is 12.1 Å². The minimum Gasteiger partial charge on any atom is -0.480 e. The third-order valence-electron chi connectivity index (χ3n) is 6.18. The minimum atomic E-state index is -2.60. The normalized spacial score (nSPS) is 12.4. The van der Waals surface area contributed by atoms with Crippen molar-refractivity contribution < 1.29 is 23.5 Å². The van der Waals surface area contributed by atoms with Crippen LogP contribution in [0, 0.1) is 0 Å². The molecule has 202 valence electrons. The molecule has 5 N–H and O–H groups in total. The second-order valence-corrected chi connectivity index (χ2v) is 9.77. The minimum absolute atomic E-state index is 0.0342. The largest absolute Gasteiger partial charge is 0.480 e. The average molecular weight is 556 g/mol. The van der Waals surface area contributed by atoms with Crippen LogP contribution in [-0.4, -0.2) is 41.9 Å². The van der Waals surface area contributed by atoms with Gasteiger partial charge in [0.15, 0.2) is 0 Å². The summed E-state index contributed by atoms with van der Waals surface area (Å²) in [6.45, 7) is 0. The van der Waals surface area contributed by atoms with Gasteiger partial charge >= 0.3 is 12.0 Å². The number of rotatable bonds is 9. The first-order chi connectivity index (χ1) is 19.4. The van der Waals surface area contributed by atoms with Crippen molar-refractivity contribution in [3.63, 3.8) is 0 Å². The molecular weight excluding hydrogens is 530 g/mol. The number of amides is 2. The fraction of sp³-hybridized carbons (Fsp3) is 0.0690. The topological polar surface area (TPSA) is 148 Å². The zero-order chi connectivity index (χ0) is 28.1. The van der Waals surface area contributed by atoms with Crippen LogP contribution in [0.25, 0.3) is 22.2 Å². The van der Waals surface area contributed by atoms with Crippen LogP contribution in [0.2, 0.25) is 0 Å². The van der Waals surface area contributed by atoms with E-state index in [2.05, 4.69) is 20.6 Å². The molecular formula is C29H25N5O5S. The van der Waals surface area contributed by atoms with Crippen molar-refractivity contribution in [3.05, 3.63) is 109 Å². The molecule has 0 aliphatic carbocycles. The number of carboxylic acid groups (broad SMARTS) is 1. The van der Waals surface area contributed by atoms with Crippen LogP contribution in [0.1, 0.15) is 5.56 Å². The summed E-state index contributed by atoms with van der Waals surface area (Å²) in [7, 11) is 0. The van der Waals surface area contributed by atoms with Crippen molar-refractivity contribution in [1.82, 2.24) is 9.97 Å². The highest BCUT2D eigenvalue weighted by Crippen LogP contribution is 2.29. The zero-order valence-electron chi connectivity index (χ0n) is 21.0. The number of hydrogen-bond acceptors (Lipinski definition) is 4. The Balaban J connectivity index is 1.36. The first kappa shape index (κ1) is 26.6. The highest BCUT2D eigenvalue weighted by atomic mass is 32.2. The molecule has 40 heavy (non-hydrogen) atoms. The van der Waals surface area contributed by atoms with Gasteiger partial charge in [0.25, 0.3) is 11.3 Å². The summed E-state index contributed by atoms with van der Waals surface area (Å²) >= 11 is -2.60. The molecule has 1 aromatic heterocycles. The van der Waals surface area contributed by atoms with Crippen LogP contribution in [0.3, 0.4) is 0 Å². The number of fused-ring (bicyclic) bond motifs is 1. The summed E-state index contributed by atoms with van der Waals surface area (Å²) in [4.78, 5) is 32.1. The molecule has 5 rings (SSSR count). The van der Waals surface area contributed by atoms with E-state index in [-0.39, 0.29) is 12.1 Å². The Kier molecular flexibility index (Phi) is 7.85. The van der Waals surface area contributed by atoms with Gasteiger partial charge in [-0.1, -0.05) is 66.7 Å².